The number of nitrogens with two attached hydrogens (primary N) is 1. The number of allylic oxidation sites excluding steroid dienone is 3. The first kappa shape index (κ1) is 44.0. The van der Waals surface area contributed by atoms with Gasteiger partial charge in [0.15, 0.2) is 5.72 Å². The summed E-state index contributed by atoms with van der Waals surface area (Å²) >= 11 is 6.61. The number of rotatable bonds is 5. The molecule has 3 amide bonds. The average molecular weight is 807 g/mol. The van der Waals surface area contributed by atoms with Gasteiger partial charge < -0.3 is 44.7 Å². The van der Waals surface area contributed by atoms with Crippen LogP contribution in [0.4, 0.5) is 25.0 Å². The minimum atomic E-state index is -1.66. The van der Waals surface area contributed by atoms with Crippen LogP contribution in [0.5, 0.6) is 5.75 Å². The molecule has 5 rings (SSSR count). The number of ether oxygens (including phenoxy) is 4. The fraction of sp³-hybridized carbons (Fsp3) is 0.487. The molecule has 2 aromatic carbocycles. The Morgan fingerprint density at radius 2 is 1.86 bits per heavy atom. The lowest BCUT2D eigenvalue weighted by Crippen LogP contribution is -2.63. The van der Waals surface area contributed by atoms with Crippen LogP contribution in [0.3, 0.4) is 0 Å². The summed E-state index contributed by atoms with van der Waals surface area (Å²) in [5.41, 5.74) is 4.46. The number of carbonyl (C=O) groups is 4. The number of likely N-dealkylation sites (N-methyl/N-ethyl adjacent to an activating group) is 1. The van der Waals surface area contributed by atoms with E-state index in [4.69, 9.17) is 41.4 Å². The van der Waals surface area contributed by atoms with Gasteiger partial charge in [-0.05, 0) is 57.4 Å². The Bertz CT molecular complexity index is 1910. The standard InChI is InChI=1S/C28H37ClN2O7.C11H12F2N2O3/c1-16-8-7-9-22(36-6)28(34)15-21(37-26(33)30-28)17(2)25-27(3,38-25)11-10-23(32)31(4)19-13-18(12-16)14-20(35-5)24(19)29;1-5(11(17)18)15(2)10(16)6-3-8(13)9(14)4-7(6)12/h7-9,13-14,17,21-22,25,34H,10-12,15H2,1-6H3,(H,30,33);3-5H,14H2,1-2H3,(H,17,18)/b9-7+,16-8+;/t17-,21?,22-,25?,27+,28+;5-/m10/s1. The van der Waals surface area contributed by atoms with Gasteiger partial charge in [-0.1, -0.05) is 42.3 Å². The molecule has 3 heterocycles. The summed E-state index contributed by atoms with van der Waals surface area (Å²) in [6.45, 7) is 7.10. The van der Waals surface area contributed by atoms with Gasteiger partial charge >= 0.3 is 12.1 Å². The van der Waals surface area contributed by atoms with Crippen LogP contribution in [-0.4, -0.2) is 103 Å². The Morgan fingerprint density at radius 1 is 1.18 bits per heavy atom. The fourth-order valence-electron chi connectivity index (χ4n) is 6.72. The third-order valence-corrected chi connectivity index (χ3v) is 10.8. The molecule has 2 unspecified atom stereocenters. The van der Waals surface area contributed by atoms with Gasteiger partial charge in [0.1, 0.15) is 40.7 Å². The van der Waals surface area contributed by atoms with Gasteiger partial charge in [-0.3, -0.25) is 14.9 Å². The van der Waals surface area contributed by atoms with Crippen molar-refractivity contribution in [3.63, 3.8) is 0 Å². The molecule has 0 saturated carbocycles. The number of methoxy groups -OCH3 is 2. The Labute approximate surface area is 329 Å². The highest BCUT2D eigenvalue weighted by Gasteiger charge is 2.58. The SMILES string of the molecule is COc1cc2cc(c1Cl)N(C)C(=O)CC[C@]1(C)OC1[C@H](C)C1C[C@@](O)(NC(=O)O1)[C@H](OC)/C=C/C=C(\C)C2.C[C@@H](C(=O)O)N(C)C(=O)c1cc(F)c(N)cc1F. The Hall–Kier alpha value is -4.77. The fourth-order valence-corrected chi connectivity index (χ4v) is 7.03. The first-order chi connectivity index (χ1) is 26.2. The van der Waals surface area contributed by atoms with E-state index in [-0.39, 0.29) is 30.8 Å². The molecule has 0 spiro atoms. The van der Waals surface area contributed by atoms with E-state index in [2.05, 4.69) is 5.32 Å². The van der Waals surface area contributed by atoms with Crippen LogP contribution in [-0.2, 0) is 30.2 Å². The van der Waals surface area contributed by atoms with E-state index in [1.165, 1.54) is 21.1 Å². The number of fused-ring (bicyclic) bond motifs is 5. The number of nitrogens with zero attached hydrogens (tertiary/aromatic N) is 2. The van der Waals surface area contributed by atoms with Crippen molar-refractivity contribution < 1.29 is 57.1 Å². The van der Waals surface area contributed by atoms with Crippen LogP contribution < -0.4 is 20.7 Å². The van der Waals surface area contributed by atoms with Crippen LogP contribution in [0, 0.1) is 17.6 Å². The van der Waals surface area contributed by atoms with Crippen molar-refractivity contribution in [2.24, 2.45) is 5.92 Å². The van der Waals surface area contributed by atoms with Crippen molar-refractivity contribution in [1.29, 1.82) is 0 Å². The molecule has 0 radical (unpaired) electrons. The monoisotopic (exact) mass is 806 g/mol. The average Bonchev–Trinajstić information content (AvgIpc) is 3.83. The van der Waals surface area contributed by atoms with Crippen molar-refractivity contribution in [3.05, 3.63) is 75.9 Å². The maximum absolute atomic E-state index is 13.5. The predicted molar refractivity (Wildman–Crippen MR) is 203 cm³/mol. The summed E-state index contributed by atoms with van der Waals surface area (Å²) in [6, 6.07) is 3.93. The normalized spacial score (nSPS) is 28.5. The smallest absolute Gasteiger partial charge is 0.409 e. The molecular weight excluding hydrogens is 758 g/mol. The summed E-state index contributed by atoms with van der Waals surface area (Å²) in [5.74, 6) is -3.94. The second-order valence-electron chi connectivity index (χ2n) is 14.5. The van der Waals surface area contributed by atoms with Gasteiger partial charge in [0.25, 0.3) is 5.91 Å². The number of amides is 3. The largest absolute Gasteiger partial charge is 0.495 e. The van der Waals surface area contributed by atoms with E-state index in [1.807, 2.05) is 39.0 Å². The van der Waals surface area contributed by atoms with Gasteiger partial charge in [-0.25, -0.2) is 18.4 Å². The number of nitrogens with one attached hydrogen (secondary N) is 1. The zero-order chi connectivity index (χ0) is 41.9. The topological polar surface area (TPSA) is 193 Å². The molecule has 56 heavy (non-hydrogen) atoms. The summed E-state index contributed by atoms with van der Waals surface area (Å²) in [7, 11) is 5.92. The van der Waals surface area contributed by atoms with Gasteiger partial charge in [-0.2, -0.15) is 0 Å². The molecule has 0 aliphatic carbocycles. The second-order valence-corrected chi connectivity index (χ2v) is 14.9. The predicted octanol–water partition coefficient (Wildman–Crippen LogP) is 5.24. The summed E-state index contributed by atoms with van der Waals surface area (Å²) in [5, 5.41) is 23.1. The second kappa shape index (κ2) is 17.6. The number of benzene rings is 2. The highest BCUT2D eigenvalue weighted by Crippen LogP contribution is 2.48. The summed E-state index contributed by atoms with van der Waals surface area (Å²) in [6.07, 6.45) is 4.46. The van der Waals surface area contributed by atoms with E-state index < -0.39 is 70.4 Å². The highest BCUT2D eigenvalue weighted by atomic mass is 35.5. The van der Waals surface area contributed by atoms with Crippen LogP contribution in [0.2, 0.25) is 5.02 Å². The van der Waals surface area contributed by atoms with Gasteiger partial charge in [-0.15, -0.1) is 0 Å². The lowest BCUT2D eigenvalue weighted by molar-refractivity contribution is -0.142. The number of carboxylic acids is 1. The molecule has 4 bridgehead atoms. The highest BCUT2D eigenvalue weighted by molar-refractivity contribution is 6.35. The quantitative estimate of drug-likeness (QED) is 0.228. The zero-order valence-corrected chi connectivity index (χ0v) is 33.3. The van der Waals surface area contributed by atoms with Crippen molar-refractivity contribution in [3.8, 4) is 5.75 Å². The van der Waals surface area contributed by atoms with Crippen molar-refractivity contribution in [2.75, 3.05) is 38.9 Å². The van der Waals surface area contributed by atoms with Crippen molar-refractivity contribution >= 4 is 46.9 Å². The van der Waals surface area contributed by atoms with Crippen molar-refractivity contribution in [1.82, 2.24) is 10.2 Å². The van der Waals surface area contributed by atoms with E-state index in [9.17, 15) is 33.1 Å². The molecule has 2 saturated heterocycles. The van der Waals surface area contributed by atoms with Crippen LogP contribution >= 0.6 is 11.6 Å². The molecule has 17 heteroatoms. The molecule has 5 N–H and O–H groups in total. The minimum Gasteiger partial charge on any atom is -0.495 e. The molecular formula is C39H49ClF2N4O10. The van der Waals surface area contributed by atoms with Crippen LogP contribution in [0.15, 0.2) is 48.1 Å². The first-order valence-corrected chi connectivity index (χ1v) is 18.2. The Balaban J connectivity index is 0.000000325. The number of aliphatic hydroxyl groups is 1. The molecule has 0 aromatic heterocycles. The molecule has 3 aliphatic heterocycles. The molecule has 14 nitrogen and oxygen atoms in total. The van der Waals surface area contributed by atoms with E-state index in [1.54, 1.807) is 31.2 Å². The number of carboxylic acid groups (broad SMARTS) is 1. The van der Waals surface area contributed by atoms with Gasteiger partial charge in [0.05, 0.1) is 35.8 Å². The number of anilines is 2. The van der Waals surface area contributed by atoms with E-state index >= 15 is 0 Å². The lowest BCUT2D eigenvalue weighted by atomic mass is 9.84. The maximum atomic E-state index is 13.5. The number of alkyl carbamates (subject to hydrolysis) is 1. The molecule has 306 valence electrons. The summed E-state index contributed by atoms with van der Waals surface area (Å²) in [4.78, 5) is 50.5. The third kappa shape index (κ3) is 9.78. The van der Waals surface area contributed by atoms with Gasteiger partial charge in [0, 0.05) is 46.0 Å². The number of hydrogen-bond donors (Lipinski definition) is 4. The van der Waals surface area contributed by atoms with E-state index in [0.29, 0.717) is 41.4 Å². The lowest BCUT2D eigenvalue weighted by Gasteiger charge is -2.42. The minimum absolute atomic E-state index is 0.104. The number of nitrogen functional groups attached to an aromatic ring is 1. The molecule has 2 aromatic rings. The zero-order valence-electron chi connectivity index (χ0n) is 32.5. The number of hydrogen-bond acceptors (Lipinski definition) is 10. The van der Waals surface area contributed by atoms with Gasteiger partial charge in [0.2, 0.25) is 5.91 Å². The number of aliphatic carboxylic acids is 1. The Morgan fingerprint density at radius 3 is 2.48 bits per heavy atom. The van der Waals surface area contributed by atoms with E-state index in [0.717, 1.165) is 16.0 Å². The molecule has 3 aliphatic rings. The Kier molecular flexibility index (Phi) is 13.8. The summed E-state index contributed by atoms with van der Waals surface area (Å²) < 4.78 is 49.3. The third-order valence-electron chi connectivity index (χ3n) is 10.4. The number of epoxide rings is 1. The van der Waals surface area contributed by atoms with Crippen LogP contribution in [0.25, 0.3) is 0 Å². The number of halogens is 3. The number of carbonyl (C=O) groups excluding carboxylic acids is 3. The maximum Gasteiger partial charge on any atom is 0.409 e. The molecule has 2 fully saturated rings. The molecule has 7 atom stereocenters. The van der Waals surface area contributed by atoms with Crippen molar-refractivity contribution in [2.45, 2.75) is 89.1 Å². The van der Waals surface area contributed by atoms with Crippen LogP contribution in [0.1, 0.15) is 62.9 Å². The first-order valence-electron chi connectivity index (χ1n) is 17.8.